The van der Waals surface area contributed by atoms with E-state index >= 15 is 0 Å². The van der Waals surface area contributed by atoms with Gasteiger partial charge in [0.1, 0.15) is 12.2 Å². The molecule has 2 unspecified atom stereocenters. The van der Waals surface area contributed by atoms with Gasteiger partial charge in [-0.05, 0) is 18.2 Å². The van der Waals surface area contributed by atoms with Crippen molar-refractivity contribution in [2.75, 3.05) is 38.8 Å². The molecule has 0 aliphatic carbocycles. The summed E-state index contributed by atoms with van der Waals surface area (Å²) in [4.78, 5) is 14.1. The van der Waals surface area contributed by atoms with E-state index in [-0.39, 0.29) is 18.1 Å². The number of hydrogen-bond donors (Lipinski definition) is 2. The molecule has 1 aliphatic rings. The van der Waals surface area contributed by atoms with Crippen LogP contribution in [0.25, 0.3) is 0 Å². The van der Waals surface area contributed by atoms with Crippen LogP contribution in [-0.2, 0) is 9.47 Å². The summed E-state index contributed by atoms with van der Waals surface area (Å²) < 4.78 is 10.6. The van der Waals surface area contributed by atoms with Crippen LogP contribution in [0.15, 0.2) is 18.2 Å². The Morgan fingerprint density at radius 3 is 2.26 bits per heavy atom. The maximum absolute atomic E-state index is 12.4. The number of hydrogen-bond acceptors (Lipinski definition) is 5. The summed E-state index contributed by atoms with van der Waals surface area (Å²) in [6.07, 6.45) is -0.215. The standard InChI is InChI=1S/C13H19N3O3/c1-18-11-6-16(7-12(11)19-2)13(17)9-4-3-8(14)5-10(9)15/h3-5,11-12H,6-7,14-15H2,1-2H3. The van der Waals surface area contributed by atoms with Gasteiger partial charge in [-0.15, -0.1) is 0 Å². The second kappa shape index (κ2) is 5.46. The first-order valence-electron chi connectivity index (χ1n) is 6.06. The number of rotatable bonds is 3. The number of anilines is 2. The lowest BCUT2D eigenvalue weighted by atomic mass is 10.1. The minimum Gasteiger partial charge on any atom is -0.399 e. The Hall–Kier alpha value is -1.79. The van der Waals surface area contributed by atoms with Crippen molar-refractivity contribution in [2.24, 2.45) is 0 Å². The molecule has 104 valence electrons. The average molecular weight is 265 g/mol. The van der Waals surface area contributed by atoms with Crippen molar-refractivity contribution in [2.45, 2.75) is 12.2 Å². The van der Waals surface area contributed by atoms with E-state index in [0.29, 0.717) is 30.0 Å². The van der Waals surface area contributed by atoms with Crippen LogP contribution in [0.3, 0.4) is 0 Å². The summed E-state index contributed by atoms with van der Waals surface area (Å²) in [6.45, 7) is 0.995. The van der Waals surface area contributed by atoms with E-state index < -0.39 is 0 Å². The Kier molecular flexibility index (Phi) is 3.92. The zero-order valence-electron chi connectivity index (χ0n) is 11.1. The number of nitrogen functional groups attached to an aromatic ring is 2. The quantitative estimate of drug-likeness (QED) is 0.769. The summed E-state index contributed by atoms with van der Waals surface area (Å²) in [6, 6.07) is 4.90. The summed E-state index contributed by atoms with van der Waals surface area (Å²) in [5.41, 5.74) is 12.8. The van der Waals surface area contributed by atoms with E-state index in [9.17, 15) is 4.79 Å². The number of carbonyl (C=O) groups excluding carboxylic acids is 1. The highest BCUT2D eigenvalue weighted by molar-refractivity contribution is 5.99. The summed E-state index contributed by atoms with van der Waals surface area (Å²) in [7, 11) is 3.23. The molecule has 19 heavy (non-hydrogen) atoms. The topological polar surface area (TPSA) is 90.8 Å². The molecule has 4 N–H and O–H groups in total. The molecule has 6 nitrogen and oxygen atoms in total. The molecule has 0 spiro atoms. The molecule has 0 radical (unpaired) electrons. The zero-order valence-corrected chi connectivity index (χ0v) is 11.1. The summed E-state index contributed by atoms with van der Waals surface area (Å²) in [5.74, 6) is -0.126. The number of ether oxygens (including phenoxy) is 2. The van der Waals surface area contributed by atoms with Crippen molar-refractivity contribution in [3.05, 3.63) is 23.8 Å². The Bertz CT molecular complexity index is 466. The predicted octanol–water partition coefficient (Wildman–Crippen LogP) is 0.337. The second-order valence-corrected chi connectivity index (χ2v) is 4.61. The number of amides is 1. The molecule has 2 rings (SSSR count). The first kappa shape index (κ1) is 13.6. The fourth-order valence-corrected chi connectivity index (χ4v) is 2.31. The SMILES string of the molecule is COC1CN(C(=O)c2ccc(N)cc2N)CC1OC. The van der Waals surface area contributed by atoms with Crippen LogP contribution in [0.2, 0.25) is 0 Å². The lowest BCUT2D eigenvalue weighted by Gasteiger charge is -2.17. The van der Waals surface area contributed by atoms with Gasteiger partial charge in [0.2, 0.25) is 0 Å². The first-order chi connectivity index (χ1) is 9.06. The van der Waals surface area contributed by atoms with Crippen LogP contribution in [-0.4, -0.2) is 50.3 Å². The van der Waals surface area contributed by atoms with Crippen LogP contribution >= 0.6 is 0 Å². The number of carbonyl (C=O) groups is 1. The van der Waals surface area contributed by atoms with Gasteiger partial charge in [0.25, 0.3) is 5.91 Å². The monoisotopic (exact) mass is 265 g/mol. The van der Waals surface area contributed by atoms with Gasteiger partial charge in [0, 0.05) is 38.7 Å². The molecule has 6 heteroatoms. The Morgan fingerprint density at radius 2 is 1.79 bits per heavy atom. The van der Waals surface area contributed by atoms with Crippen molar-refractivity contribution in [1.82, 2.24) is 4.90 Å². The fourth-order valence-electron chi connectivity index (χ4n) is 2.31. The van der Waals surface area contributed by atoms with Crippen molar-refractivity contribution in [3.63, 3.8) is 0 Å². The van der Waals surface area contributed by atoms with Crippen LogP contribution in [0, 0.1) is 0 Å². The smallest absolute Gasteiger partial charge is 0.256 e. The molecule has 1 aliphatic heterocycles. The van der Waals surface area contributed by atoms with E-state index in [1.54, 1.807) is 37.3 Å². The van der Waals surface area contributed by atoms with Gasteiger partial charge >= 0.3 is 0 Å². The van der Waals surface area contributed by atoms with E-state index in [2.05, 4.69) is 0 Å². The molecule has 0 bridgehead atoms. The number of benzene rings is 1. The van der Waals surface area contributed by atoms with Crippen molar-refractivity contribution < 1.29 is 14.3 Å². The highest BCUT2D eigenvalue weighted by atomic mass is 16.5. The van der Waals surface area contributed by atoms with Crippen molar-refractivity contribution in [3.8, 4) is 0 Å². The molecule has 1 aromatic carbocycles. The maximum atomic E-state index is 12.4. The minimum absolute atomic E-state index is 0.107. The van der Waals surface area contributed by atoms with E-state index in [0.717, 1.165) is 0 Å². The number of likely N-dealkylation sites (tertiary alicyclic amines) is 1. The summed E-state index contributed by atoms with van der Waals surface area (Å²) in [5, 5.41) is 0. The van der Waals surface area contributed by atoms with Crippen LogP contribution < -0.4 is 11.5 Å². The number of nitrogens with two attached hydrogens (primary N) is 2. The lowest BCUT2D eigenvalue weighted by Crippen LogP contribution is -2.30. The van der Waals surface area contributed by atoms with Crippen LogP contribution in [0.1, 0.15) is 10.4 Å². The fraction of sp³-hybridized carbons (Fsp3) is 0.462. The third-order valence-corrected chi connectivity index (χ3v) is 3.41. The first-order valence-corrected chi connectivity index (χ1v) is 6.06. The van der Waals surface area contributed by atoms with E-state index in [1.807, 2.05) is 0 Å². The number of nitrogens with zero attached hydrogens (tertiary/aromatic N) is 1. The van der Waals surface area contributed by atoms with Gasteiger partial charge in [-0.3, -0.25) is 4.79 Å². The average Bonchev–Trinajstić information content (AvgIpc) is 2.81. The Labute approximate surface area is 112 Å². The van der Waals surface area contributed by atoms with E-state index in [1.165, 1.54) is 0 Å². The van der Waals surface area contributed by atoms with Gasteiger partial charge < -0.3 is 25.8 Å². The molecule has 1 amide bonds. The highest BCUT2D eigenvalue weighted by Crippen LogP contribution is 2.22. The van der Waals surface area contributed by atoms with Gasteiger partial charge in [-0.2, -0.15) is 0 Å². The lowest BCUT2D eigenvalue weighted by molar-refractivity contribution is -0.00461. The van der Waals surface area contributed by atoms with Crippen molar-refractivity contribution in [1.29, 1.82) is 0 Å². The largest absolute Gasteiger partial charge is 0.399 e. The molecule has 1 aromatic rings. The molecular weight excluding hydrogens is 246 g/mol. The Morgan fingerprint density at radius 1 is 1.21 bits per heavy atom. The molecule has 0 saturated carbocycles. The van der Waals surface area contributed by atoms with Crippen LogP contribution in [0.5, 0.6) is 0 Å². The molecule has 1 saturated heterocycles. The van der Waals surface area contributed by atoms with Gasteiger partial charge in [-0.1, -0.05) is 0 Å². The Balaban J connectivity index is 2.17. The zero-order chi connectivity index (χ0) is 14.0. The molecule has 1 fully saturated rings. The maximum Gasteiger partial charge on any atom is 0.256 e. The molecule has 1 heterocycles. The van der Waals surface area contributed by atoms with Gasteiger partial charge in [0.15, 0.2) is 0 Å². The van der Waals surface area contributed by atoms with Crippen molar-refractivity contribution >= 4 is 17.3 Å². The van der Waals surface area contributed by atoms with Gasteiger partial charge in [-0.25, -0.2) is 0 Å². The molecule has 2 atom stereocenters. The molecular formula is C13H19N3O3. The summed E-state index contributed by atoms with van der Waals surface area (Å²) >= 11 is 0. The molecule has 0 aromatic heterocycles. The third-order valence-electron chi connectivity index (χ3n) is 3.41. The number of methoxy groups -OCH3 is 2. The minimum atomic E-state index is -0.126. The van der Waals surface area contributed by atoms with Gasteiger partial charge in [0.05, 0.1) is 5.56 Å². The van der Waals surface area contributed by atoms with E-state index in [4.69, 9.17) is 20.9 Å². The predicted molar refractivity (Wildman–Crippen MR) is 72.8 cm³/mol. The highest BCUT2D eigenvalue weighted by Gasteiger charge is 2.36. The van der Waals surface area contributed by atoms with Crippen LogP contribution in [0.4, 0.5) is 11.4 Å². The second-order valence-electron chi connectivity index (χ2n) is 4.61. The third kappa shape index (κ3) is 2.64. The normalized spacial score (nSPS) is 22.7.